The Labute approximate surface area is 158 Å². The van der Waals surface area contributed by atoms with Crippen molar-refractivity contribution >= 4 is 18.4 Å². The molecule has 0 amide bonds. The molecule has 8 rings (SSSR count). The van der Waals surface area contributed by atoms with Crippen LogP contribution in [0, 0.1) is 35.5 Å². The molecule has 0 spiro atoms. The Bertz CT molecular complexity index is 513. The van der Waals surface area contributed by atoms with Crippen LogP contribution in [0.4, 0.5) is 0 Å². The van der Waals surface area contributed by atoms with Crippen LogP contribution in [-0.2, 0) is 0 Å². The molecule has 140 valence electrons. The highest BCUT2D eigenvalue weighted by molar-refractivity contribution is 5.85. The smallest absolute Gasteiger partial charge is 0.189 e. The first-order valence-electron chi connectivity index (χ1n) is 10.7. The Kier molecular flexibility index (Phi) is 3.70. The SMILES string of the molecule is Cl.NC(=NC12CC3CC(CC(C3)C1)C2)NC12CC3CC(CC(C3)C1)C2. The van der Waals surface area contributed by atoms with E-state index in [2.05, 4.69) is 5.32 Å². The van der Waals surface area contributed by atoms with Crippen LogP contribution < -0.4 is 11.1 Å². The summed E-state index contributed by atoms with van der Waals surface area (Å²) in [5.41, 5.74) is 7.08. The third-order valence-electron chi connectivity index (χ3n) is 8.80. The van der Waals surface area contributed by atoms with Gasteiger partial charge in [-0.05, 0) is 113 Å². The number of rotatable bonds is 2. The first-order valence-corrected chi connectivity index (χ1v) is 10.7. The maximum Gasteiger partial charge on any atom is 0.189 e. The van der Waals surface area contributed by atoms with E-state index in [1.54, 1.807) is 0 Å². The normalized spacial score (nSPS) is 55.3. The number of nitrogens with two attached hydrogens (primary N) is 1. The molecule has 0 aromatic carbocycles. The second-order valence-electron chi connectivity index (χ2n) is 11.0. The number of hydrogen-bond donors (Lipinski definition) is 2. The van der Waals surface area contributed by atoms with E-state index in [0.717, 1.165) is 41.5 Å². The van der Waals surface area contributed by atoms with Gasteiger partial charge in [-0.2, -0.15) is 0 Å². The minimum Gasteiger partial charge on any atom is -0.370 e. The Morgan fingerprint density at radius 1 is 0.680 bits per heavy atom. The topological polar surface area (TPSA) is 50.4 Å². The van der Waals surface area contributed by atoms with Crippen molar-refractivity contribution in [3.8, 4) is 0 Å². The Hall–Kier alpha value is -0.440. The largest absolute Gasteiger partial charge is 0.370 e. The fraction of sp³-hybridized carbons (Fsp3) is 0.952. The van der Waals surface area contributed by atoms with E-state index in [1.165, 1.54) is 77.0 Å². The number of guanidine groups is 1. The molecule has 3 nitrogen and oxygen atoms in total. The van der Waals surface area contributed by atoms with Crippen LogP contribution in [0.1, 0.15) is 77.0 Å². The minimum absolute atomic E-state index is 0. The van der Waals surface area contributed by atoms with Gasteiger partial charge in [0.05, 0.1) is 5.54 Å². The molecule has 8 bridgehead atoms. The summed E-state index contributed by atoms with van der Waals surface area (Å²) < 4.78 is 0. The van der Waals surface area contributed by atoms with Crippen molar-refractivity contribution in [2.24, 2.45) is 46.2 Å². The van der Waals surface area contributed by atoms with Gasteiger partial charge in [-0.3, -0.25) is 0 Å². The molecule has 8 aliphatic rings. The lowest BCUT2D eigenvalue weighted by molar-refractivity contribution is -0.0119. The second kappa shape index (κ2) is 5.53. The maximum atomic E-state index is 6.56. The number of hydrogen-bond acceptors (Lipinski definition) is 1. The summed E-state index contributed by atoms with van der Waals surface area (Å²) in [5, 5.41) is 3.83. The zero-order chi connectivity index (χ0) is 15.9. The quantitative estimate of drug-likeness (QED) is 0.569. The van der Waals surface area contributed by atoms with Crippen molar-refractivity contribution in [3.05, 3.63) is 0 Å². The Morgan fingerprint density at radius 2 is 1.04 bits per heavy atom. The van der Waals surface area contributed by atoms with Crippen LogP contribution in [0.15, 0.2) is 4.99 Å². The van der Waals surface area contributed by atoms with Gasteiger partial charge in [0.2, 0.25) is 0 Å². The van der Waals surface area contributed by atoms with Crippen LogP contribution in [0.25, 0.3) is 0 Å². The lowest BCUT2D eigenvalue weighted by Gasteiger charge is -2.57. The average Bonchev–Trinajstić information content (AvgIpc) is 2.42. The van der Waals surface area contributed by atoms with Gasteiger partial charge in [0, 0.05) is 5.54 Å². The molecule has 4 heteroatoms. The fourth-order valence-corrected chi connectivity index (χ4v) is 9.02. The molecule has 0 heterocycles. The van der Waals surface area contributed by atoms with Crippen LogP contribution in [0.3, 0.4) is 0 Å². The first-order chi connectivity index (χ1) is 11.6. The zero-order valence-electron chi connectivity index (χ0n) is 15.4. The van der Waals surface area contributed by atoms with Gasteiger partial charge in [-0.15, -0.1) is 12.4 Å². The molecule has 0 aliphatic heterocycles. The second-order valence-corrected chi connectivity index (χ2v) is 11.0. The van der Waals surface area contributed by atoms with E-state index < -0.39 is 0 Å². The predicted octanol–water partition coefficient (Wildman–Crippen LogP) is 4.25. The molecule has 0 radical (unpaired) electrons. The van der Waals surface area contributed by atoms with Gasteiger partial charge in [0.1, 0.15) is 0 Å². The van der Waals surface area contributed by atoms with Crippen molar-refractivity contribution < 1.29 is 0 Å². The standard InChI is InChI=1S/C21H33N3.ClH/c22-19(23-20-7-13-1-14(8-20)3-15(2-13)9-20)24-21-10-16-4-17(11-21)6-18(5-16)12-21;/h13-18H,1-12H2,(H3,22,23,24);1H. The lowest BCUT2D eigenvalue weighted by Crippen LogP contribution is -2.62. The van der Waals surface area contributed by atoms with Gasteiger partial charge in [0.25, 0.3) is 0 Å². The molecule has 3 N–H and O–H groups in total. The molecule has 0 aromatic heterocycles. The van der Waals surface area contributed by atoms with Gasteiger partial charge >= 0.3 is 0 Å². The van der Waals surface area contributed by atoms with Crippen molar-refractivity contribution in [2.45, 2.75) is 88.1 Å². The van der Waals surface area contributed by atoms with E-state index in [4.69, 9.17) is 10.7 Å². The number of halogens is 1. The average molecular weight is 364 g/mol. The summed E-state index contributed by atoms with van der Waals surface area (Å²) in [6, 6.07) is 0. The van der Waals surface area contributed by atoms with Gasteiger partial charge in [-0.25, -0.2) is 4.99 Å². The van der Waals surface area contributed by atoms with Crippen LogP contribution in [0.2, 0.25) is 0 Å². The molecular weight excluding hydrogens is 330 g/mol. The molecule has 8 fully saturated rings. The summed E-state index contributed by atoms with van der Waals surface area (Å²) in [6.45, 7) is 0. The first kappa shape index (κ1) is 16.7. The highest BCUT2D eigenvalue weighted by Crippen LogP contribution is 2.58. The van der Waals surface area contributed by atoms with E-state index >= 15 is 0 Å². The fourth-order valence-electron chi connectivity index (χ4n) is 9.02. The number of aliphatic imine (C=N–C) groups is 1. The molecule has 8 saturated carbocycles. The van der Waals surface area contributed by atoms with Crippen molar-refractivity contribution in [2.75, 3.05) is 0 Å². The van der Waals surface area contributed by atoms with E-state index in [1.807, 2.05) is 0 Å². The lowest BCUT2D eigenvalue weighted by atomic mass is 9.53. The minimum atomic E-state index is 0. The van der Waals surface area contributed by atoms with Gasteiger partial charge in [-0.1, -0.05) is 0 Å². The van der Waals surface area contributed by atoms with E-state index in [9.17, 15) is 0 Å². The summed E-state index contributed by atoms with van der Waals surface area (Å²) in [6.07, 6.45) is 17.0. The van der Waals surface area contributed by atoms with Gasteiger partial charge in [0.15, 0.2) is 5.96 Å². The van der Waals surface area contributed by atoms with Crippen molar-refractivity contribution in [3.63, 3.8) is 0 Å². The highest BCUT2D eigenvalue weighted by Gasteiger charge is 2.53. The molecule has 8 aliphatic carbocycles. The third kappa shape index (κ3) is 2.71. The summed E-state index contributed by atoms with van der Waals surface area (Å²) >= 11 is 0. The van der Waals surface area contributed by atoms with Gasteiger partial charge < -0.3 is 11.1 Å². The molecular formula is C21H34ClN3. The van der Waals surface area contributed by atoms with Crippen LogP contribution >= 0.6 is 12.4 Å². The summed E-state index contributed by atoms with van der Waals surface area (Å²) in [4.78, 5) is 5.23. The molecule has 0 atom stereocenters. The predicted molar refractivity (Wildman–Crippen MR) is 104 cm³/mol. The molecule has 0 aromatic rings. The number of nitrogens with one attached hydrogen (secondary N) is 1. The maximum absolute atomic E-state index is 6.56. The zero-order valence-corrected chi connectivity index (χ0v) is 16.2. The third-order valence-corrected chi connectivity index (χ3v) is 8.80. The van der Waals surface area contributed by atoms with Crippen molar-refractivity contribution in [1.29, 1.82) is 0 Å². The van der Waals surface area contributed by atoms with E-state index in [0.29, 0.717) is 5.54 Å². The van der Waals surface area contributed by atoms with Crippen LogP contribution in [-0.4, -0.2) is 17.0 Å². The molecule has 25 heavy (non-hydrogen) atoms. The number of nitrogens with zero attached hydrogens (tertiary/aromatic N) is 1. The summed E-state index contributed by atoms with van der Waals surface area (Å²) in [5.74, 6) is 6.56. The molecule has 0 saturated heterocycles. The van der Waals surface area contributed by atoms with Crippen LogP contribution in [0.5, 0.6) is 0 Å². The molecule has 0 unspecified atom stereocenters. The summed E-state index contributed by atoms with van der Waals surface area (Å²) in [7, 11) is 0. The monoisotopic (exact) mass is 363 g/mol. The van der Waals surface area contributed by atoms with Crippen molar-refractivity contribution in [1.82, 2.24) is 5.32 Å². The Morgan fingerprint density at radius 3 is 1.44 bits per heavy atom. The Balaban J connectivity index is 0.00000140. The highest BCUT2D eigenvalue weighted by atomic mass is 35.5. The van der Waals surface area contributed by atoms with E-state index in [-0.39, 0.29) is 17.9 Å².